The lowest BCUT2D eigenvalue weighted by Gasteiger charge is -2.39. The van der Waals surface area contributed by atoms with E-state index in [0.29, 0.717) is 12.8 Å². The van der Waals surface area contributed by atoms with E-state index in [4.69, 9.17) is 9.47 Å². The molecule has 0 saturated carbocycles. The van der Waals surface area contributed by atoms with Gasteiger partial charge in [0.2, 0.25) is 0 Å². The van der Waals surface area contributed by atoms with Crippen LogP contribution in [0.4, 0.5) is 0 Å². The highest BCUT2D eigenvalue weighted by molar-refractivity contribution is 6.14. The predicted molar refractivity (Wildman–Crippen MR) is 153 cm³/mol. The van der Waals surface area contributed by atoms with Gasteiger partial charge < -0.3 is 9.47 Å². The molecule has 3 atom stereocenters. The minimum atomic E-state index is -1.02. The third-order valence-corrected chi connectivity index (χ3v) is 9.02. The molecule has 0 unspecified atom stereocenters. The first-order valence-corrected chi connectivity index (χ1v) is 14.8. The average Bonchev–Trinajstić information content (AvgIpc) is 3.21. The van der Waals surface area contributed by atoms with Crippen LogP contribution in [-0.2, 0) is 30.9 Å². The fraction of sp³-hybridized carbons (Fsp3) is 0.529. The number of cyclic esters (lactones) is 1. The largest absolute Gasteiger partial charge is 0.469 e. The van der Waals surface area contributed by atoms with E-state index in [1.54, 1.807) is 0 Å². The number of carbonyl (C=O) groups excluding carboxylic acids is 2. The molecule has 3 aromatic rings. The summed E-state index contributed by atoms with van der Waals surface area (Å²) in [5, 5.41) is 4.43. The van der Waals surface area contributed by atoms with Crippen LogP contribution in [0.1, 0.15) is 95.1 Å². The number of methoxy groups -OCH3 is 1. The molecule has 1 heterocycles. The van der Waals surface area contributed by atoms with Crippen LogP contribution in [0.5, 0.6) is 0 Å². The van der Waals surface area contributed by atoms with E-state index in [1.807, 2.05) is 24.3 Å². The molecule has 2 aliphatic carbocycles. The maximum Gasteiger partial charge on any atom is 0.318 e. The number of rotatable bonds is 13. The van der Waals surface area contributed by atoms with E-state index in [1.165, 1.54) is 64.9 Å². The molecule has 4 nitrogen and oxygen atoms in total. The Morgan fingerprint density at radius 1 is 0.816 bits per heavy atom. The molecule has 0 radical (unpaired) electrons. The lowest BCUT2D eigenvalue weighted by atomic mass is 9.59. The third kappa shape index (κ3) is 4.72. The highest BCUT2D eigenvalue weighted by Crippen LogP contribution is 2.56. The quantitative estimate of drug-likeness (QED) is 0.131. The number of ether oxygens (including phenoxy) is 2. The lowest BCUT2D eigenvalue weighted by Crippen LogP contribution is -2.48. The van der Waals surface area contributed by atoms with Crippen molar-refractivity contribution in [2.24, 2.45) is 5.92 Å². The molecule has 3 aromatic carbocycles. The summed E-state index contributed by atoms with van der Waals surface area (Å²) >= 11 is 0. The second-order valence-electron chi connectivity index (χ2n) is 11.4. The van der Waals surface area contributed by atoms with Gasteiger partial charge in [-0.3, -0.25) is 9.59 Å². The van der Waals surface area contributed by atoms with Gasteiger partial charge in [0.15, 0.2) is 0 Å². The Morgan fingerprint density at radius 3 is 1.84 bits per heavy atom. The van der Waals surface area contributed by atoms with Crippen LogP contribution in [-0.4, -0.2) is 25.2 Å². The Hall–Kier alpha value is -2.88. The molecule has 0 N–H and O–H groups in total. The van der Waals surface area contributed by atoms with E-state index in [0.717, 1.165) is 45.5 Å². The van der Waals surface area contributed by atoms with Crippen molar-refractivity contribution in [3.63, 3.8) is 0 Å². The summed E-state index contributed by atoms with van der Waals surface area (Å²) in [6, 6.07) is 16.5. The summed E-state index contributed by atoms with van der Waals surface area (Å²) in [7, 11) is 1.43. The second kappa shape index (κ2) is 11.9. The lowest BCUT2D eigenvalue weighted by molar-refractivity contribution is -0.149. The predicted octanol–water partition coefficient (Wildman–Crippen LogP) is 8.20. The van der Waals surface area contributed by atoms with Gasteiger partial charge in [-0.1, -0.05) is 120 Å². The highest BCUT2D eigenvalue weighted by atomic mass is 16.6. The molecule has 0 amide bonds. The smallest absolute Gasteiger partial charge is 0.318 e. The van der Waals surface area contributed by atoms with Crippen molar-refractivity contribution >= 4 is 33.5 Å². The van der Waals surface area contributed by atoms with Crippen molar-refractivity contribution in [2.75, 3.05) is 7.11 Å². The highest BCUT2D eigenvalue weighted by Gasteiger charge is 2.64. The van der Waals surface area contributed by atoms with Gasteiger partial charge in [0.1, 0.15) is 17.4 Å². The van der Waals surface area contributed by atoms with E-state index in [2.05, 4.69) is 31.2 Å². The number of hydrogen-bond acceptors (Lipinski definition) is 4. The van der Waals surface area contributed by atoms with Crippen molar-refractivity contribution in [1.82, 2.24) is 0 Å². The first-order valence-electron chi connectivity index (χ1n) is 14.8. The van der Waals surface area contributed by atoms with Crippen molar-refractivity contribution in [3.05, 3.63) is 59.7 Å². The fourth-order valence-corrected chi connectivity index (χ4v) is 7.17. The summed E-state index contributed by atoms with van der Waals surface area (Å²) < 4.78 is 11.4. The summed E-state index contributed by atoms with van der Waals surface area (Å²) in [5.74, 6) is -1.23. The Kier molecular flexibility index (Phi) is 8.35. The minimum absolute atomic E-state index is 0.266. The molecule has 3 aliphatic rings. The molecule has 4 heteroatoms. The summed E-state index contributed by atoms with van der Waals surface area (Å²) in [6.07, 6.45) is 14.6. The number of esters is 2. The average molecular weight is 515 g/mol. The van der Waals surface area contributed by atoms with Gasteiger partial charge in [-0.25, -0.2) is 0 Å². The third-order valence-electron chi connectivity index (χ3n) is 9.02. The van der Waals surface area contributed by atoms with Crippen LogP contribution in [0.2, 0.25) is 0 Å². The van der Waals surface area contributed by atoms with Gasteiger partial charge >= 0.3 is 11.9 Å². The van der Waals surface area contributed by atoms with E-state index >= 15 is 0 Å². The van der Waals surface area contributed by atoms with Crippen LogP contribution >= 0.6 is 0 Å². The summed E-state index contributed by atoms with van der Waals surface area (Å²) in [6.45, 7) is 2.26. The van der Waals surface area contributed by atoms with Crippen molar-refractivity contribution in [1.29, 1.82) is 0 Å². The van der Waals surface area contributed by atoms with Crippen LogP contribution in [0, 0.1) is 5.92 Å². The Bertz CT molecular complexity index is 1240. The summed E-state index contributed by atoms with van der Waals surface area (Å²) in [5.41, 5.74) is 1.06. The van der Waals surface area contributed by atoms with Gasteiger partial charge in [-0.15, -0.1) is 0 Å². The first kappa shape index (κ1) is 26.7. The molecule has 6 rings (SSSR count). The zero-order valence-electron chi connectivity index (χ0n) is 23.1. The number of unbranched alkanes of at least 4 members (excludes halogenated alkanes) is 10. The Labute approximate surface area is 227 Å². The maximum atomic E-state index is 13.8. The topological polar surface area (TPSA) is 52.6 Å². The van der Waals surface area contributed by atoms with Crippen molar-refractivity contribution in [2.45, 2.75) is 102 Å². The number of benzene rings is 3. The van der Waals surface area contributed by atoms with Gasteiger partial charge in [0, 0.05) is 0 Å². The van der Waals surface area contributed by atoms with E-state index < -0.39 is 17.4 Å². The number of carbonyl (C=O) groups is 2. The molecule has 1 spiro atoms. The fourth-order valence-electron chi connectivity index (χ4n) is 7.17. The summed E-state index contributed by atoms with van der Waals surface area (Å²) in [4.78, 5) is 27.2. The molecule has 1 aliphatic heterocycles. The SMILES string of the molecule is CCCCCCCCCCCCC[C@@H]1OC(=O)[C@]2(Cc3c4ccccc4c2c2ccccc32)[C@@H]1C(=O)OC. The molecule has 38 heavy (non-hydrogen) atoms. The van der Waals surface area contributed by atoms with Gasteiger partial charge in [-0.2, -0.15) is 0 Å². The van der Waals surface area contributed by atoms with E-state index in [-0.39, 0.29) is 11.9 Å². The van der Waals surface area contributed by atoms with Gasteiger partial charge in [0.05, 0.1) is 7.11 Å². The molecule has 202 valence electrons. The minimum Gasteiger partial charge on any atom is -0.469 e. The Balaban J connectivity index is 1.31. The molecule has 1 saturated heterocycles. The van der Waals surface area contributed by atoms with Crippen LogP contribution in [0.3, 0.4) is 0 Å². The van der Waals surface area contributed by atoms with Crippen LogP contribution in [0.15, 0.2) is 48.5 Å². The standard InChI is InChI=1S/C34H42O4/c1-3-4-5-6-7-8-9-10-11-12-13-22-29-31(32(35)37-2)34(33(36)38-29)23-28-24-18-14-16-20-26(24)30(34)27-21-17-15-19-25(27)28/h14-21,29,31H,3-13,22-23H2,1-2H3/t29-,31-,34-/m0/s1. The molecule has 0 aromatic heterocycles. The molecule has 1 fully saturated rings. The molecular formula is C34H42O4. The first-order chi connectivity index (χ1) is 18.6. The number of hydrogen-bond donors (Lipinski definition) is 0. The van der Waals surface area contributed by atoms with Crippen molar-refractivity contribution in [3.8, 4) is 0 Å². The zero-order chi connectivity index (χ0) is 26.5. The van der Waals surface area contributed by atoms with Crippen LogP contribution < -0.4 is 0 Å². The monoisotopic (exact) mass is 514 g/mol. The maximum absolute atomic E-state index is 13.8. The van der Waals surface area contributed by atoms with Gasteiger partial charge in [-0.05, 0) is 51.9 Å². The van der Waals surface area contributed by atoms with Crippen molar-refractivity contribution < 1.29 is 19.1 Å². The van der Waals surface area contributed by atoms with E-state index in [9.17, 15) is 9.59 Å². The molecule has 2 bridgehead atoms. The zero-order valence-corrected chi connectivity index (χ0v) is 23.1. The molecular weight excluding hydrogens is 472 g/mol. The Morgan fingerprint density at radius 2 is 1.32 bits per heavy atom. The van der Waals surface area contributed by atoms with Crippen LogP contribution in [0.25, 0.3) is 21.5 Å². The normalized spacial score (nSPS) is 22.0. The van der Waals surface area contributed by atoms with Gasteiger partial charge in [0.25, 0.3) is 0 Å². The second-order valence-corrected chi connectivity index (χ2v) is 11.4.